The van der Waals surface area contributed by atoms with Crippen LogP contribution in [0.15, 0.2) is 62.8 Å². The fraction of sp³-hybridized carbons (Fsp3) is 0.350. The number of carbonyl (C=O) groups excluding carboxylic acids is 1. The Morgan fingerprint density at radius 2 is 1.72 bits per heavy atom. The normalized spacial score (nSPS) is 15.9. The minimum absolute atomic E-state index is 0.0979. The topological polar surface area (TPSA) is 69.7 Å². The average molecular weight is 498 g/mol. The van der Waals surface area contributed by atoms with E-state index in [-0.39, 0.29) is 10.8 Å². The smallest absolute Gasteiger partial charge is 0.243 e. The van der Waals surface area contributed by atoms with Gasteiger partial charge in [-0.2, -0.15) is 4.31 Å². The number of thioether (sulfide) groups is 1. The third kappa shape index (κ3) is 6.05. The molecule has 0 radical (unpaired) electrons. The van der Waals surface area contributed by atoms with Crippen molar-refractivity contribution in [1.29, 1.82) is 0 Å². The molecule has 0 atom stereocenters. The number of amides is 1. The zero-order valence-electron chi connectivity index (χ0n) is 16.2. The highest BCUT2D eigenvalue weighted by molar-refractivity contribution is 9.10. The first-order valence-electron chi connectivity index (χ1n) is 9.32. The van der Waals surface area contributed by atoms with E-state index in [1.807, 2.05) is 31.3 Å². The Morgan fingerprint density at radius 3 is 2.38 bits per heavy atom. The molecule has 0 bridgehead atoms. The molecule has 29 heavy (non-hydrogen) atoms. The van der Waals surface area contributed by atoms with Gasteiger partial charge in [-0.1, -0.05) is 12.1 Å². The Labute approximate surface area is 184 Å². The molecule has 1 aliphatic rings. The number of anilines is 1. The Bertz CT molecular complexity index is 944. The van der Waals surface area contributed by atoms with Crippen molar-refractivity contribution in [2.45, 2.75) is 16.2 Å². The van der Waals surface area contributed by atoms with Crippen LogP contribution in [-0.2, 0) is 14.8 Å². The van der Waals surface area contributed by atoms with Crippen LogP contribution >= 0.6 is 27.7 Å². The highest BCUT2D eigenvalue weighted by Gasteiger charge is 2.27. The van der Waals surface area contributed by atoms with E-state index in [1.54, 1.807) is 36.0 Å². The Morgan fingerprint density at radius 1 is 1.07 bits per heavy atom. The SMILES string of the molecule is CN1CCN(S(=O)(=O)c2ccc(NC(=O)CCSc3ccccc3Br)cc2)CC1. The quantitative estimate of drug-likeness (QED) is 0.592. The van der Waals surface area contributed by atoms with Gasteiger partial charge in [0.05, 0.1) is 4.90 Å². The number of hydrogen-bond acceptors (Lipinski definition) is 5. The molecule has 6 nitrogen and oxygen atoms in total. The molecule has 2 aromatic rings. The molecule has 3 rings (SSSR count). The maximum Gasteiger partial charge on any atom is 0.243 e. The van der Waals surface area contributed by atoms with E-state index in [0.717, 1.165) is 22.5 Å². The Kier molecular flexibility index (Phi) is 7.75. The molecule has 9 heteroatoms. The van der Waals surface area contributed by atoms with E-state index in [1.165, 1.54) is 4.31 Å². The second-order valence-corrected chi connectivity index (χ2v) is 10.7. The first kappa shape index (κ1) is 22.3. The van der Waals surface area contributed by atoms with Gasteiger partial charge in [-0.05, 0) is 59.4 Å². The molecule has 2 aromatic carbocycles. The minimum Gasteiger partial charge on any atom is -0.326 e. The van der Waals surface area contributed by atoms with Gasteiger partial charge in [0.2, 0.25) is 15.9 Å². The second-order valence-electron chi connectivity index (χ2n) is 6.81. The largest absolute Gasteiger partial charge is 0.326 e. The summed E-state index contributed by atoms with van der Waals surface area (Å²) in [6.45, 7) is 2.44. The molecule has 0 unspecified atom stereocenters. The summed E-state index contributed by atoms with van der Waals surface area (Å²) in [7, 11) is -1.51. The van der Waals surface area contributed by atoms with Gasteiger partial charge in [-0.3, -0.25) is 4.79 Å². The van der Waals surface area contributed by atoms with Gasteiger partial charge in [0.25, 0.3) is 0 Å². The van der Waals surface area contributed by atoms with E-state index < -0.39 is 10.0 Å². The lowest BCUT2D eigenvalue weighted by atomic mass is 10.3. The van der Waals surface area contributed by atoms with Gasteiger partial charge in [0, 0.05) is 53.4 Å². The number of piperazine rings is 1. The van der Waals surface area contributed by atoms with Crippen molar-refractivity contribution < 1.29 is 13.2 Å². The van der Waals surface area contributed by atoms with E-state index in [0.29, 0.717) is 31.0 Å². The average Bonchev–Trinajstić information content (AvgIpc) is 2.70. The van der Waals surface area contributed by atoms with Crippen molar-refractivity contribution in [3.63, 3.8) is 0 Å². The molecule has 1 aliphatic heterocycles. The van der Waals surface area contributed by atoms with E-state index in [2.05, 4.69) is 26.1 Å². The van der Waals surface area contributed by atoms with Crippen LogP contribution in [0.1, 0.15) is 6.42 Å². The fourth-order valence-electron chi connectivity index (χ4n) is 2.93. The third-order valence-corrected chi connectivity index (χ3v) is 8.60. The van der Waals surface area contributed by atoms with E-state index in [9.17, 15) is 13.2 Å². The number of sulfonamides is 1. The van der Waals surface area contributed by atoms with Crippen molar-refractivity contribution >= 4 is 49.3 Å². The first-order chi connectivity index (χ1) is 13.9. The molecule has 156 valence electrons. The van der Waals surface area contributed by atoms with Crippen LogP contribution in [0, 0.1) is 0 Å². The summed E-state index contributed by atoms with van der Waals surface area (Å²) >= 11 is 5.11. The summed E-state index contributed by atoms with van der Waals surface area (Å²) < 4.78 is 28.0. The number of nitrogens with one attached hydrogen (secondary N) is 1. The lowest BCUT2D eigenvalue weighted by Gasteiger charge is -2.31. The van der Waals surface area contributed by atoms with Gasteiger partial charge in [0.15, 0.2) is 0 Å². The highest BCUT2D eigenvalue weighted by Crippen LogP contribution is 2.27. The zero-order valence-corrected chi connectivity index (χ0v) is 19.4. The Balaban J connectivity index is 1.52. The summed E-state index contributed by atoms with van der Waals surface area (Å²) in [5.41, 5.74) is 0.596. The summed E-state index contributed by atoms with van der Waals surface area (Å²) in [5.74, 6) is 0.559. The number of rotatable bonds is 7. The maximum atomic E-state index is 12.7. The molecule has 0 spiro atoms. The first-order valence-corrected chi connectivity index (χ1v) is 12.5. The number of nitrogens with zero attached hydrogens (tertiary/aromatic N) is 2. The van der Waals surface area contributed by atoms with Crippen LogP contribution < -0.4 is 5.32 Å². The molecule has 1 amide bonds. The molecule has 0 saturated carbocycles. The number of halogens is 1. The van der Waals surface area contributed by atoms with Crippen LogP contribution in [0.2, 0.25) is 0 Å². The molecule has 0 aromatic heterocycles. The highest BCUT2D eigenvalue weighted by atomic mass is 79.9. The van der Waals surface area contributed by atoms with Gasteiger partial charge in [-0.25, -0.2) is 8.42 Å². The molecule has 1 fully saturated rings. The summed E-state index contributed by atoms with van der Waals surface area (Å²) in [6.07, 6.45) is 0.368. The zero-order chi connectivity index (χ0) is 20.9. The lowest BCUT2D eigenvalue weighted by molar-refractivity contribution is -0.115. The van der Waals surface area contributed by atoms with Crippen molar-refractivity contribution in [2.75, 3.05) is 44.3 Å². The van der Waals surface area contributed by atoms with Crippen molar-refractivity contribution in [1.82, 2.24) is 9.21 Å². The van der Waals surface area contributed by atoms with Gasteiger partial charge in [-0.15, -0.1) is 11.8 Å². The summed E-state index contributed by atoms with van der Waals surface area (Å²) in [6, 6.07) is 14.3. The second kappa shape index (κ2) is 10.1. The summed E-state index contributed by atoms with van der Waals surface area (Å²) in [5, 5.41) is 2.83. The van der Waals surface area contributed by atoms with E-state index in [4.69, 9.17) is 0 Å². The number of benzene rings is 2. The molecule has 1 heterocycles. The monoisotopic (exact) mass is 497 g/mol. The minimum atomic E-state index is -3.49. The van der Waals surface area contributed by atoms with Gasteiger partial charge in [0.1, 0.15) is 0 Å². The number of hydrogen-bond donors (Lipinski definition) is 1. The number of likely N-dealkylation sites (N-methyl/N-ethyl adjacent to an activating group) is 1. The molecular weight excluding hydrogens is 474 g/mol. The lowest BCUT2D eigenvalue weighted by Crippen LogP contribution is -2.46. The number of carbonyl (C=O) groups is 1. The molecule has 1 N–H and O–H groups in total. The van der Waals surface area contributed by atoms with Crippen LogP contribution in [0.25, 0.3) is 0 Å². The standard InChI is InChI=1S/C20H24BrN3O3S2/c1-23-11-13-24(14-12-23)29(26,27)17-8-6-16(7-9-17)22-20(25)10-15-28-19-5-3-2-4-18(19)21/h2-9H,10-15H2,1H3,(H,22,25). The van der Waals surface area contributed by atoms with Gasteiger partial charge < -0.3 is 10.2 Å². The Hall–Kier alpha value is -1.39. The maximum absolute atomic E-state index is 12.7. The van der Waals surface area contributed by atoms with Crippen molar-refractivity contribution in [3.8, 4) is 0 Å². The molecule has 0 aliphatic carbocycles. The fourth-order valence-corrected chi connectivity index (χ4v) is 5.87. The third-order valence-electron chi connectivity index (χ3n) is 4.66. The van der Waals surface area contributed by atoms with Crippen molar-refractivity contribution in [2.24, 2.45) is 0 Å². The van der Waals surface area contributed by atoms with Crippen LogP contribution in [-0.4, -0.2) is 62.5 Å². The van der Waals surface area contributed by atoms with E-state index >= 15 is 0 Å². The molecule has 1 saturated heterocycles. The summed E-state index contributed by atoms with van der Waals surface area (Å²) in [4.78, 5) is 15.6. The van der Waals surface area contributed by atoms with Crippen molar-refractivity contribution in [3.05, 3.63) is 53.0 Å². The predicted molar refractivity (Wildman–Crippen MR) is 121 cm³/mol. The molecular formula is C20H24BrN3O3S2. The van der Waals surface area contributed by atoms with Crippen LogP contribution in [0.3, 0.4) is 0 Å². The predicted octanol–water partition coefficient (Wildman–Crippen LogP) is 3.51. The van der Waals surface area contributed by atoms with Gasteiger partial charge >= 0.3 is 0 Å². The van der Waals surface area contributed by atoms with Crippen LogP contribution in [0.4, 0.5) is 5.69 Å². The van der Waals surface area contributed by atoms with Crippen LogP contribution in [0.5, 0.6) is 0 Å².